The number of thioether (sulfide) groups is 1. The van der Waals surface area contributed by atoms with Gasteiger partial charge in [-0.3, -0.25) is 0 Å². The Morgan fingerprint density at radius 2 is 1.70 bits per heavy atom. The lowest BCUT2D eigenvalue weighted by atomic mass is 10.1. The maximum absolute atomic E-state index is 3.82. The Kier molecular flexibility index (Phi) is 3.89. The number of hydrogen-bond donors (Lipinski definition) is 0. The summed E-state index contributed by atoms with van der Waals surface area (Å²) in [7, 11) is 0. The minimum atomic E-state index is 0.986. The van der Waals surface area contributed by atoms with Crippen molar-refractivity contribution in [3.63, 3.8) is 0 Å². The van der Waals surface area contributed by atoms with E-state index in [9.17, 15) is 0 Å². The molecule has 3 aromatic rings. The summed E-state index contributed by atoms with van der Waals surface area (Å²) in [4.78, 5) is 1.31. The molecular formula is C19H16S. The molecule has 3 rings (SSSR count). The molecule has 0 aliphatic carbocycles. The number of benzene rings is 3. The molecule has 0 saturated carbocycles. The van der Waals surface area contributed by atoms with E-state index in [1.807, 2.05) is 17.8 Å². The number of hydrogen-bond acceptors (Lipinski definition) is 1. The van der Waals surface area contributed by atoms with Crippen LogP contribution in [0.4, 0.5) is 0 Å². The summed E-state index contributed by atoms with van der Waals surface area (Å²) in [5.41, 5.74) is 2.52. The molecule has 20 heavy (non-hydrogen) atoms. The van der Waals surface area contributed by atoms with Crippen molar-refractivity contribution >= 4 is 28.6 Å². The first kappa shape index (κ1) is 13.0. The summed E-state index contributed by atoms with van der Waals surface area (Å²) >= 11 is 1.87. The van der Waals surface area contributed by atoms with Crippen molar-refractivity contribution in [1.82, 2.24) is 0 Å². The van der Waals surface area contributed by atoms with Gasteiger partial charge in [0.2, 0.25) is 0 Å². The molecule has 0 aliphatic rings. The van der Waals surface area contributed by atoms with Gasteiger partial charge in [0.15, 0.2) is 0 Å². The first-order valence-electron chi connectivity index (χ1n) is 6.68. The Morgan fingerprint density at radius 1 is 0.850 bits per heavy atom. The van der Waals surface area contributed by atoms with Crippen LogP contribution in [0.3, 0.4) is 0 Å². The molecule has 0 radical (unpaired) electrons. The zero-order valence-electron chi connectivity index (χ0n) is 11.3. The van der Waals surface area contributed by atoms with Crippen LogP contribution < -0.4 is 0 Å². The van der Waals surface area contributed by atoms with Gasteiger partial charge in [-0.15, -0.1) is 11.8 Å². The number of rotatable bonds is 4. The molecule has 0 N–H and O–H groups in total. The summed E-state index contributed by atoms with van der Waals surface area (Å²) in [6.07, 6.45) is 1.89. The SMILES string of the molecule is C=Cc1cccc(CSc2ccc3ccccc3c2)c1. The third-order valence-electron chi connectivity index (χ3n) is 3.31. The molecule has 0 bridgehead atoms. The van der Waals surface area contributed by atoms with E-state index < -0.39 is 0 Å². The van der Waals surface area contributed by atoms with Crippen LogP contribution >= 0.6 is 11.8 Å². The first-order valence-corrected chi connectivity index (χ1v) is 7.67. The summed E-state index contributed by atoms with van der Waals surface area (Å²) in [5, 5.41) is 2.60. The van der Waals surface area contributed by atoms with Gasteiger partial charge in [0.25, 0.3) is 0 Å². The largest absolute Gasteiger partial charge is 0.121 e. The summed E-state index contributed by atoms with van der Waals surface area (Å²) in [6, 6.07) is 23.7. The van der Waals surface area contributed by atoms with E-state index in [0.717, 1.165) is 5.75 Å². The van der Waals surface area contributed by atoms with Crippen LogP contribution in [0.5, 0.6) is 0 Å². The quantitative estimate of drug-likeness (QED) is 0.545. The molecule has 1 heteroatoms. The van der Waals surface area contributed by atoms with Gasteiger partial charge < -0.3 is 0 Å². The van der Waals surface area contributed by atoms with Crippen molar-refractivity contribution in [2.24, 2.45) is 0 Å². The van der Waals surface area contributed by atoms with E-state index in [2.05, 4.69) is 73.3 Å². The van der Waals surface area contributed by atoms with E-state index >= 15 is 0 Å². The average Bonchev–Trinajstić information content (AvgIpc) is 2.53. The Hall–Kier alpha value is -1.99. The molecule has 0 saturated heterocycles. The minimum Gasteiger partial charge on any atom is -0.121 e. The van der Waals surface area contributed by atoms with Crippen molar-refractivity contribution in [3.05, 3.63) is 84.4 Å². The Bertz CT molecular complexity index is 743. The van der Waals surface area contributed by atoms with E-state index in [4.69, 9.17) is 0 Å². The normalized spacial score (nSPS) is 10.6. The molecule has 0 heterocycles. The third kappa shape index (κ3) is 2.94. The molecule has 0 aromatic heterocycles. The lowest BCUT2D eigenvalue weighted by molar-refractivity contribution is 1.38. The summed E-state index contributed by atoms with van der Waals surface area (Å²) in [6.45, 7) is 3.82. The van der Waals surface area contributed by atoms with Crippen LogP contribution in [-0.2, 0) is 5.75 Å². The van der Waals surface area contributed by atoms with Crippen molar-refractivity contribution in [3.8, 4) is 0 Å². The van der Waals surface area contributed by atoms with Crippen LogP contribution in [0, 0.1) is 0 Å². The van der Waals surface area contributed by atoms with Crippen LogP contribution in [0.15, 0.2) is 78.2 Å². The van der Waals surface area contributed by atoms with E-state index in [0.29, 0.717) is 0 Å². The lowest BCUT2D eigenvalue weighted by Crippen LogP contribution is -1.82. The highest BCUT2D eigenvalue weighted by atomic mass is 32.2. The predicted octanol–water partition coefficient (Wildman–Crippen LogP) is 5.78. The Labute approximate surface area is 124 Å². The average molecular weight is 276 g/mol. The fourth-order valence-corrected chi connectivity index (χ4v) is 3.12. The molecule has 0 nitrogen and oxygen atoms in total. The van der Waals surface area contributed by atoms with E-state index in [-0.39, 0.29) is 0 Å². The second kappa shape index (κ2) is 5.98. The van der Waals surface area contributed by atoms with Crippen molar-refractivity contribution < 1.29 is 0 Å². The summed E-state index contributed by atoms with van der Waals surface area (Å²) < 4.78 is 0. The van der Waals surface area contributed by atoms with Gasteiger partial charge >= 0.3 is 0 Å². The molecular weight excluding hydrogens is 260 g/mol. The Morgan fingerprint density at radius 3 is 2.55 bits per heavy atom. The van der Waals surface area contributed by atoms with Crippen LogP contribution in [0.2, 0.25) is 0 Å². The van der Waals surface area contributed by atoms with Gasteiger partial charge in [0.1, 0.15) is 0 Å². The molecule has 0 unspecified atom stereocenters. The van der Waals surface area contributed by atoms with Gasteiger partial charge in [-0.2, -0.15) is 0 Å². The highest BCUT2D eigenvalue weighted by Gasteiger charge is 1.99. The van der Waals surface area contributed by atoms with Crippen LogP contribution in [-0.4, -0.2) is 0 Å². The standard InChI is InChI=1S/C19H16S/c1-2-15-6-5-7-16(12-15)14-20-19-11-10-17-8-3-4-9-18(17)13-19/h2-13H,1,14H2. The maximum Gasteiger partial charge on any atom is 0.0232 e. The highest BCUT2D eigenvalue weighted by molar-refractivity contribution is 7.98. The molecule has 3 aromatic carbocycles. The number of fused-ring (bicyclic) bond motifs is 1. The van der Waals surface area contributed by atoms with Crippen molar-refractivity contribution in [2.45, 2.75) is 10.6 Å². The predicted molar refractivity (Wildman–Crippen MR) is 90.0 cm³/mol. The van der Waals surface area contributed by atoms with Gasteiger partial charge in [0, 0.05) is 10.6 Å². The molecule has 98 valence electrons. The fraction of sp³-hybridized carbons (Fsp3) is 0.0526. The lowest BCUT2D eigenvalue weighted by Gasteiger charge is -2.05. The maximum atomic E-state index is 3.82. The minimum absolute atomic E-state index is 0.986. The fourth-order valence-electron chi connectivity index (χ4n) is 2.23. The van der Waals surface area contributed by atoms with Gasteiger partial charge in [-0.25, -0.2) is 0 Å². The third-order valence-corrected chi connectivity index (χ3v) is 4.38. The van der Waals surface area contributed by atoms with Gasteiger partial charge in [-0.1, -0.05) is 67.3 Å². The van der Waals surface area contributed by atoms with Crippen molar-refractivity contribution in [1.29, 1.82) is 0 Å². The van der Waals surface area contributed by atoms with E-state index in [1.165, 1.54) is 26.8 Å². The first-order chi connectivity index (χ1) is 9.85. The highest BCUT2D eigenvalue weighted by Crippen LogP contribution is 2.26. The van der Waals surface area contributed by atoms with Gasteiger partial charge in [-0.05, 0) is 34.0 Å². The molecule has 0 amide bonds. The smallest absolute Gasteiger partial charge is 0.0232 e. The van der Waals surface area contributed by atoms with E-state index in [1.54, 1.807) is 0 Å². The van der Waals surface area contributed by atoms with Gasteiger partial charge in [0.05, 0.1) is 0 Å². The Balaban J connectivity index is 1.77. The monoisotopic (exact) mass is 276 g/mol. The topological polar surface area (TPSA) is 0 Å². The zero-order valence-corrected chi connectivity index (χ0v) is 12.1. The van der Waals surface area contributed by atoms with Crippen LogP contribution in [0.25, 0.3) is 16.8 Å². The second-order valence-electron chi connectivity index (χ2n) is 4.75. The van der Waals surface area contributed by atoms with Crippen LogP contribution in [0.1, 0.15) is 11.1 Å². The summed E-state index contributed by atoms with van der Waals surface area (Å²) in [5.74, 6) is 0.986. The zero-order chi connectivity index (χ0) is 13.8. The molecule has 0 fully saturated rings. The molecule has 0 spiro atoms. The molecule has 0 aliphatic heterocycles. The molecule has 0 atom stereocenters. The van der Waals surface area contributed by atoms with Crippen molar-refractivity contribution in [2.75, 3.05) is 0 Å². The second-order valence-corrected chi connectivity index (χ2v) is 5.80.